The van der Waals surface area contributed by atoms with Crippen molar-refractivity contribution in [3.63, 3.8) is 0 Å². The number of thioether (sulfide) groups is 1. The number of esters is 1. The van der Waals surface area contributed by atoms with Crippen LogP contribution in [0.4, 0.5) is 4.39 Å². The van der Waals surface area contributed by atoms with Gasteiger partial charge < -0.3 is 4.74 Å². The zero-order valence-electron chi connectivity index (χ0n) is 8.05. The SMILES string of the molecule is CCCCOC(=O)CSCCCF. The average molecular weight is 208 g/mol. The topological polar surface area (TPSA) is 26.3 Å². The molecule has 0 amide bonds. The summed E-state index contributed by atoms with van der Waals surface area (Å²) >= 11 is 1.43. The molecule has 0 spiro atoms. The first-order valence-corrected chi connectivity index (χ1v) is 5.76. The van der Waals surface area contributed by atoms with Gasteiger partial charge in [0.2, 0.25) is 0 Å². The molecule has 2 nitrogen and oxygen atoms in total. The molecule has 4 heteroatoms. The van der Waals surface area contributed by atoms with Gasteiger partial charge in [-0.2, -0.15) is 11.8 Å². The molecule has 0 heterocycles. The maximum absolute atomic E-state index is 11.6. The van der Waals surface area contributed by atoms with E-state index in [4.69, 9.17) is 4.74 Å². The molecule has 0 aliphatic heterocycles. The van der Waals surface area contributed by atoms with Crippen molar-refractivity contribution in [2.45, 2.75) is 26.2 Å². The number of hydrogen-bond acceptors (Lipinski definition) is 3. The van der Waals surface area contributed by atoms with E-state index in [0.29, 0.717) is 24.5 Å². The lowest BCUT2D eigenvalue weighted by molar-refractivity contribution is -0.140. The predicted molar refractivity (Wildman–Crippen MR) is 53.8 cm³/mol. The fourth-order valence-electron chi connectivity index (χ4n) is 0.684. The minimum atomic E-state index is -0.308. The number of rotatable bonds is 8. The second-order valence-electron chi connectivity index (χ2n) is 2.67. The molecular weight excluding hydrogens is 191 g/mol. The highest BCUT2D eigenvalue weighted by atomic mass is 32.2. The van der Waals surface area contributed by atoms with Crippen molar-refractivity contribution in [1.82, 2.24) is 0 Å². The number of alkyl halides is 1. The quantitative estimate of drug-likeness (QED) is 0.452. The number of unbranched alkanes of at least 4 members (excludes halogenated alkanes) is 1. The number of ether oxygens (including phenoxy) is 1. The summed E-state index contributed by atoms with van der Waals surface area (Å²) < 4.78 is 16.5. The van der Waals surface area contributed by atoms with E-state index in [1.807, 2.05) is 6.92 Å². The molecule has 0 rings (SSSR count). The Labute approximate surface area is 83.2 Å². The lowest BCUT2D eigenvalue weighted by Crippen LogP contribution is -2.08. The van der Waals surface area contributed by atoms with Gasteiger partial charge in [0.25, 0.3) is 0 Å². The molecule has 0 aliphatic carbocycles. The molecule has 13 heavy (non-hydrogen) atoms. The highest BCUT2D eigenvalue weighted by Gasteiger charge is 2.01. The monoisotopic (exact) mass is 208 g/mol. The van der Waals surface area contributed by atoms with Crippen molar-refractivity contribution < 1.29 is 13.9 Å². The van der Waals surface area contributed by atoms with Crippen LogP contribution in [-0.4, -0.2) is 30.8 Å². The van der Waals surface area contributed by atoms with Crippen LogP contribution in [0.15, 0.2) is 0 Å². The highest BCUT2D eigenvalue weighted by Crippen LogP contribution is 2.03. The average Bonchev–Trinajstić information content (AvgIpc) is 2.13. The van der Waals surface area contributed by atoms with E-state index in [-0.39, 0.29) is 12.6 Å². The largest absolute Gasteiger partial charge is 0.465 e. The lowest BCUT2D eigenvalue weighted by atomic mass is 10.4. The Hall–Kier alpha value is -0.250. The van der Waals surface area contributed by atoms with Gasteiger partial charge >= 0.3 is 5.97 Å². The zero-order valence-corrected chi connectivity index (χ0v) is 8.87. The first kappa shape index (κ1) is 12.8. The van der Waals surface area contributed by atoms with E-state index in [9.17, 15) is 9.18 Å². The fraction of sp³-hybridized carbons (Fsp3) is 0.889. The Morgan fingerprint density at radius 2 is 2.23 bits per heavy atom. The summed E-state index contributed by atoms with van der Waals surface area (Å²) in [7, 11) is 0. The van der Waals surface area contributed by atoms with Crippen molar-refractivity contribution in [2.24, 2.45) is 0 Å². The van der Waals surface area contributed by atoms with Crippen LogP contribution in [0.3, 0.4) is 0 Å². The maximum atomic E-state index is 11.6. The predicted octanol–water partition coefficient (Wildman–Crippen LogP) is 2.42. The first-order chi connectivity index (χ1) is 6.31. The standard InChI is InChI=1S/C9H17FO2S/c1-2-3-6-12-9(11)8-13-7-4-5-10/h2-8H2,1H3. The van der Waals surface area contributed by atoms with Gasteiger partial charge in [0.05, 0.1) is 19.0 Å². The fourth-order valence-corrected chi connectivity index (χ4v) is 1.39. The van der Waals surface area contributed by atoms with Crippen LogP contribution in [0, 0.1) is 0 Å². The van der Waals surface area contributed by atoms with E-state index in [0.717, 1.165) is 12.8 Å². The Kier molecular flexibility index (Phi) is 9.65. The molecule has 0 aromatic carbocycles. The number of carbonyl (C=O) groups is 1. The molecule has 0 N–H and O–H groups in total. The van der Waals surface area contributed by atoms with E-state index in [1.165, 1.54) is 11.8 Å². The van der Waals surface area contributed by atoms with Crippen molar-refractivity contribution in [3.05, 3.63) is 0 Å². The summed E-state index contributed by atoms with van der Waals surface area (Å²) in [6.07, 6.45) is 2.47. The number of hydrogen-bond donors (Lipinski definition) is 0. The molecular formula is C9H17FO2S. The van der Waals surface area contributed by atoms with Gasteiger partial charge in [0, 0.05) is 0 Å². The Balaban J connectivity index is 3.11. The second kappa shape index (κ2) is 9.84. The minimum Gasteiger partial charge on any atom is -0.465 e. The van der Waals surface area contributed by atoms with Crippen molar-refractivity contribution in [3.8, 4) is 0 Å². The molecule has 0 saturated heterocycles. The maximum Gasteiger partial charge on any atom is 0.315 e. The number of halogens is 1. The highest BCUT2D eigenvalue weighted by molar-refractivity contribution is 7.99. The van der Waals surface area contributed by atoms with Gasteiger partial charge in [-0.3, -0.25) is 9.18 Å². The van der Waals surface area contributed by atoms with E-state index >= 15 is 0 Å². The summed E-state index contributed by atoms with van der Waals surface area (Å²) in [5.41, 5.74) is 0. The third-order valence-corrected chi connectivity index (χ3v) is 2.42. The van der Waals surface area contributed by atoms with Crippen molar-refractivity contribution in [2.75, 3.05) is 24.8 Å². The van der Waals surface area contributed by atoms with Gasteiger partial charge in [-0.05, 0) is 18.6 Å². The van der Waals surface area contributed by atoms with Crippen LogP contribution in [0.1, 0.15) is 26.2 Å². The van der Waals surface area contributed by atoms with Gasteiger partial charge in [0.15, 0.2) is 0 Å². The molecule has 0 aliphatic rings. The summed E-state index contributed by atoms with van der Waals surface area (Å²) in [5, 5.41) is 0. The van der Waals surface area contributed by atoms with Gasteiger partial charge in [0.1, 0.15) is 0 Å². The van der Waals surface area contributed by atoms with Crippen LogP contribution in [0.2, 0.25) is 0 Å². The zero-order chi connectivity index (χ0) is 9.94. The summed E-state index contributed by atoms with van der Waals surface area (Å²) in [6, 6.07) is 0. The van der Waals surface area contributed by atoms with Crippen LogP contribution < -0.4 is 0 Å². The summed E-state index contributed by atoms with van der Waals surface area (Å²) in [5.74, 6) is 0.862. The molecule has 0 fully saturated rings. The molecule has 0 atom stereocenters. The molecule has 0 aromatic heterocycles. The van der Waals surface area contributed by atoms with Crippen LogP contribution in [0.5, 0.6) is 0 Å². The van der Waals surface area contributed by atoms with Gasteiger partial charge in [-0.1, -0.05) is 13.3 Å². The molecule has 0 aromatic rings. The summed E-state index contributed by atoms with van der Waals surface area (Å²) in [4.78, 5) is 10.9. The van der Waals surface area contributed by atoms with Gasteiger partial charge in [-0.25, -0.2) is 0 Å². The van der Waals surface area contributed by atoms with E-state index < -0.39 is 0 Å². The smallest absolute Gasteiger partial charge is 0.315 e. The van der Waals surface area contributed by atoms with Crippen LogP contribution in [0.25, 0.3) is 0 Å². The Morgan fingerprint density at radius 3 is 2.85 bits per heavy atom. The Morgan fingerprint density at radius 1 is 1.46 bits per heavy atom. The molecule has 0 saturated carbocycles. The molecule has 78 valence electrons. The lowest BCUT2D eigenvalue weighted by Gasteiger charge is -2.02. The van der Waals surface area contributed by atoms with Crippen LogP contribution in [-0.2, 0) is 9.53 Å². The normalized spacial score (nSPS) is 10.0. The molecule has 0 radical (unpaired) electrons. The summed E-state index contributed by atoms with van der Waals surface area (Å²) in [6.45, 7) is 2.25. The molecule has 0 unspecified atom stereocenters. The van der Waals surface area contributed by atoms with Gasteiger partial charge in [-0.15, -0.1) is 0 Å². The van der Waals surface area contributed by atoms with Crippen LogP contribution >= 0.6 is 11.8 Å². The minimum absolute atomic E-state index is 0.183. The number of carbonyl (C=O) groups excluding carboxylic acids is 1. The van der Waals surface area contributed by atoms with Crippen molar-refractivity contribution in [1.29, 1.82) is 0 Å². The third kappa shape index (κ3) is 9.67. The van der Waals surface area contributed by atoms with E-state index in [1.54, 1.807) is 0 Å². The molecule has 0 bridgehead atoms. The van der Waals surface area contributed by atoms with E-state index in [2.05, 4.69) is 0 Å². The second-order valence-corrected chi connectivity index (χ2v) is 3.77. The van der Waals surface area contributed by atoms with Crippen molar-refractivity contribution >= 4 is 17.7 Å². The third-order valence-electron chi connectivity index (χ3n) is 1.40. The Bertz CT molecular complexity index is 131. The first-order valence-electron chi connectivity index (χ1n) is 4.60.